The van der Waals surface area contributed by atoms with Crippen molar-refractivity contribution >= 4 is 45.5 Å². The van der Waals surface area contributed by atoms with E-state index in [2.05, 4.69) is 0 Å². The molecule has 0 bridgehead atoms. The van der Waals surface area contributed by atoms with Crippen molar-refractivity contribution in [3.63, 3.8) is 0 Å². The maximum atomic E-state index is 0. The topological polar surface area (TPSA) is 0 Å². The third kappa shape index (κ3) is 9.49. The van der Waals surface area contributed by atoms with Crippen LogP contribution in [0.1, 0.15) is 2.85 Å². The van der Waals surface area contributed by atoms with Gasteiger partial charge in [0.25, 0.3) is 0 Å². The SMILES string of the molecule is [H-].[H-].[Sr+2].[Ti].[Y].[Zr]. The van der Waals surface area contributed by atoms with Crippen LogP contribution < -0.4 is 0 Å². The molecule has 4 heavy (non-hydrogen) atoms. The van der Waals surface area contributed by atoms with E-state index in [9.17, 15) is 0 Å². The molecule has 0 nitrogen and oxygen atoms in total. The van der Waals surface area contributed by atoms with Crippen molar-refractivity contribution in [1.82, 2.24) is 0 Å². The van der Waals surface area contributed by atoms with Crippen LogP contribution >= 0.6 is 0 Å². The summed E-state index contributed by atoms with van der Waals surface area (Å²) in [5.41, 5.74) is 0. The van der Waals surface area contributed by atoms with Crippen LogP contribution in [0.4, 0.5) is 0 Å². The first-order valence-electron chi connectivity index (χ1n) is 0. The molecular formula is H2SrTiYZr. The van der Waals surface area contributed by atoms with Crippen LogP contribution in [0.3, 0.4) is 0 Å². The Balaban J connectivity index is 0. The number of hydrogen-bond donors (Lipinski definition) is 0. The van der Waals surface area contributed by atoms with Gasteiger partial charge in [-0.05, 0) is 0 Å². The normalized spacial score (nSPS) is 0. The summed E-state index contributed by atoms with van der Waals surface area (Å²) in [6.45, 7) is 0. The van der Waals surface area contributed by atoms with Gasteiger partial charge in [-0.1, -0.05) is 0 Å². The summed E-state index contributed by atoms with van der Waals surface area (Å²) in [6, 6.07) is 0. The molecule has 15 valence electrons. The van der Waals surface area contributed by atoms with E-state index in [-0.39, 0.29) is 129 Å². The van der Waals surface area contributed by atoms with Crippen molar-refractivity contribution in [2.75, 3.05) is 0 Å². The smallest absolute Gasteiger partial charge is 1.00 e. The van der Waals surface area contributed by atoms with Crippen molar-refractivity contribution in [2.24, 2.45) is 0 Å². The predicted octanol–water partition coefficient (Wildman–Crippen LogP) is -0.163. The van der Waals surface area contributed by atoms with Crippen molar-refractivity contribution in [3.05, 3.63) is 0 Å². The fraction of sp³-hybridized carbons (Fsp3) is 0. The number of hydrogen-bond acceptors (Lipinski definition) is 0. The van der Waals surface area contributed by atoms with Crippen molar-refractivity contribution in [1.29, 1.82) is 0 Å². The molecule has 0 aliphatic heterocycles. The van der Waals surface area contributed by atoms with Gasteiger partial charge in [-0.3, -0.25) is 0 Å². The molecule has 0 aliphatic rings. The van der Waals surface area contributed by atoms with E-state index in [1.807, 2.05) is 0 Å². The molecule has 0 fully saturated rings. The standard InChI is InChI=1S/Sr.Ti.Y.Zr.2H/q+2;;;;2*-1. The predicted molar refractivity (Wildman–Crippen MR) is 7.98 cm³/mol. The van der Waals surface area contributed by atoms with E-state index in [0.717, 1.165) is 0 Å². The van der Waals surface area contributed by atoms with Crippen molar-refractivity contribution in [2.45, 2.75) is 0 Å². The summed E-state index contributed by atoms with van der Waals surface area (Å²) in [5, 5.41) is 0. The van der Waals surface area contributed by atoms with E-state index in [1.165, 1.54) is 0 Å². The summed E-state index contributed by atoms with van der Waals surface area (Å²) in [4.78, 5) is 0. The summed E-state index contributed by atoms with van der Waals surface area (Å²) in [6.07, 6.45) is 0. The fourth-order valence-electron chi connectivity index (χ4n) is 0. The number of rotatable bonds is 0. The summed E-state index contributed by atoms with van der Waals surface area (Å²) < 4.78 is 0. The average Bonchev–Trinajstić information content (AvgIpc) is 0. The quantitative estimate of drug-likeness (QED) is 0.545. The molecule has 0 spiro atoms. The molecule has 0 saturated carbocycles. The molecule has 0 aromatic heterocycles. The second kappa shape index (κ2) is 15.7. The van der Waals surface area contributed by atoms with Crippen LogP contribution in [0.2, 0.25) is 0 Å². The Hall–Kier alpha value is 4.18. The molecular weight excluding hydrogens is 316 g/mol. The van der Waals surface area contributed by atoms with E-state index in [1.54, 1.807) is 0 Å². The molecule has 0 aromatic carbocycles. The first-order valence-corrected chi connectivity index (χ1v) is 0. The average molecular weight is 318 g/mol. The van der Waals surface area contributed by atoms with Crippen LogP contribution in [0.25, 0.3) is 0 Å². The summed E-state index contributed by atoms with van der Waals surface area (Å²) >= 11 is 0. The molecule has 0 saturated heterocycles. The minimum absolute atomic E-state index is 0. The zero-order valence-corrected chi connectivity index (χ0v) is 12.6. The largest absolute Gasteiger partial charge is 2.00 e. The first-order chi connectivity index (χ1) is 0. The summed E-state index contributed by atoms with van der Waals surface area (Å²) in [5.74, 6) is 0. The van der Waals surface area contributed by atoms with E-state index in [0.29, 0.717) is 0 Å². The molecule has 0 heterocycles. The Morgan fingerprint density at radius 3 is 1.25 bits per heavy atom. The molecule has 0 aromatic rings. The second-order valence-electron chi connectivity index (χ2n) is 0. The van der Waals surface area contributed by atoms with Gasteiger partial charge in [0.15, 0.2) is 0 Å². The maximum absolute atomic E-state index is 0. The van der Waals surface area contributed by atoms with Gasteiger partial charge in [-0.15, -0.1) is 0 Å². The molecule has 0 rings (SSSR count). The maximum Gasteiger partial charge on any atom is 2.00 e. The Morgan fingerprint density at radius 2 is 1.25 bits per heavy atom. The van der Waals surface area contributed by atoms with Crippen LogP contribution in [0.15, 0.2) is 0 Å². The fourth-order valence-corrected chi connectivity index (χ4v) is 0. The zero-order chi connectivity index (χ0) is 0. The van der Waals surface area contributed by atoms with Crippen LogP contribution in [-0.4, -0.2) is 45.5 Å². The van der Waals surface area contributed by atoms with E-state index < -0.39 is 0 Å². The van der Waals surface area contributed by atoms with Crippen molar-refractivity contribution in [3.8, 4) is 0 Å². The molecule has 1 radical (unpaired) electrons. The summed E-state index contributed by atoms with van der Waals surface area (Å²) in [7, 11) is 0. The van der Waals surface area contributed by atoms with Gasteiger partial charge in [0.05, 0.1) is 0 Å². The molecule has 0 aliphatic carbocycles. The van der Waals surface area contributed by atoms with Crippen LogP contribution in [0, 0.1) is 0 Å². The zero-order valence-electron chi connectivity index (χ0n) is 4.28. The minimum atomic E-state index is 0. The van der Waals surface area contributed by atoms with E-state index >= 15 is 0 Å². The van der Waals surface area contributed by atoms with Gasteiger partial charge < -0.3 is 2.85 Å². The third-order valence-electron chi connectivity index (χ3n) is 0. The monoisotopic (exact) mass is 317 g/mol. The van der Waals surface area contributed by atoms with Gasteiger partial charge in [0.2, 0.25) is 0 Å². The Morgan fingerprint density at radius 1 is 1.25 bits per heavy atom. The van der Waals surface area contributed by atoms with Gasteiger partial charge in [0, 0.05) is 80.6 Å². The van der Waals surface area contributed by atoms with Gasteiger partial charge in [0.1, 0.15) is 0 Å². The van der Waals surface area contributed by atoms with Gasteiger partial charge in [-0.2, -0.15) is 0 Å². The molecule has 0 atom stereocenters. The van der Waals surface area contributed by atoms with E-state index in [4.69, 9.17) is 0 Å². The Labute approximate surface area is 125 Å². The second-order valence-corrected chi connectivity index (χ2v) is 0. The van der Waals surface area contributed by atoms with Gasteiger partial charge in [-0.25, -0.2) is 0 Å². The molecule has 0 N–H and O–H groups in total. The molecule has 4 heteroatoms. The van der Waals surface area contributed by atoms with Gasteiger partial charge >= 0.3 is 45.5 Å². The minimum Gasteiger partial charge on any atom is -1.00 e. The molecule has 0 unspecified atom stereocenters. The van der Waals surface area contributed by atoms with Crippen LogP contribution in [-0.2, 0) is 80.6 Å². The van der Waals surface area contributed by atoms with Crippen molar-refractivity contribution < 1.29 is 83.5 Å². The van der Waals surface area contributed by atoms with Crippen LogP contribution in [0.5, 0.6) is 0 Å². The molecule has 0 amide bonds. The Kier molecular flexibility index (Phi) is 94.7. The first kappa shape index (κ1) is 24.1. The third-order valence-corrected chi connectivity index (χ3v) is 0. The Bertz CT molecular complexity index is 13.5.